The Labute approximate surface area is 187 Å². The van der Waals surface area contributed by atoms with Crippen molar-refractivity contribution >= 4 is 16.8 Å². The highest BCUT2D eigenvalue weighted by molar-refractivity contribution is 5.84. The largest absolute Gasteiger partial charge is 0.486 e. The third-order valence-electron chi connectivity index (χ3n) is 6.47. The van der Waals surface area contributed by atoms with Gasteiger partial charge in [-0.1, -0.05) is 12.1 Å². The second-order valence-corrected chi connectivity index (χ2v) is 8.68. The summed E-state index contributed by atoms with van der Waals surface area (Å²) in [5, 5.41) is 4.66. The Bertz CT molecular complexity index is 1180. The lowest BCUT2D eigenvalue weighted by Gasteiger charge is -2.32. The smallest absolute Gasteiger partial charge is 0.252 e. The number of hydrogen-bond acceptors (Lipinski definition) is 6. The van der Waals surface area contributed by atoms with Crippen LogP contribution >= 0.6 is 0 Å². The fourth-order valence-electron chi connectivity index (χ4n) is 4.64. The summed E-state index contributed by atoms with van der Waals surface area (Å²) in [5.41, 5.74) is 2.94. The van der Waals surface area contributed by atoms with Crippen LogP contribution in [0, 0.1) is 0 Å². The Hall–Kier alpha value is -3.03. The van der Waals surface area contributed by atoms with E-state index in [1.807, 2.05) is 24.3 Å². The van der Waals surface area contributed by atoms with E-state index in [2.05, 4.69) is 27.3 Å². The van der Waals surface area contributed by atoms with Gasteiger partial charge in [0, 0.05) is 55.3 Å². The lowest BCUT2D eigenvalue weighted by atomic mass is 10.0. The Balaban J connectivity index is 1.12. The van der Waals surface area contributed by atoms with Crippen molar-refractivity contribution in [1.82, 2.24) is 19.8 Å². The normalized spacial score (nSPS) is 17.3. The van der Waals surface area contributed by atoms with Crippen LogP contribution in [0.1, 0.15) is 24.0 Å². The number of ether oxygens (including phenoxy) is 1. The second-order valence-electron chi connectivity index (χ2n) is 8.68. The molecule has 7 nitrogen and oxygen atoms in total. The summed E-state index contributed by atoms with van der Waals surface area (Å²) in [5.74, 6) is 0.971. The van der Waals surface area contributed by atoms with E-state index in [0.717, 1.165) is 61.4 Å². The van der Waals surface area contributed by atoms with Gasteiger partial charge >= 0.3 is 0 Å². The molecule has 3 aromatic rings. The lowest BCUT2D eigenvalue weighted by Crippen LogP contribution is -2.43. The van der Waals surface area contributed by atoms with Crippen LogP contribution < -0.4 is 15.6 Å². The van der Waals surface area contributed by atoms with Gasteiger partial charge in [0.1, 0.15) is 18.0 Å². The van der Waals surface area contributed by atoms with Gasteiger partial charge in [0.2, 0.25) is 0 Å². The first kappa shape index (κ1) is 20.8. The molecule has 0 spiro atoms. The molecule has 2 aliphatic heterocycles. The molecule has 0 unspecified atom stereocenters. The summed E-state index contributed by atoms with van der Waals surface area (Å²) in [6, 6.07) is 14.0. The third kappa shape index (κ3) is 4.59. The van der Waals surface area contributed by atoms with E-state index < -0.39 is 0 Å². The van der Waals surface area contributed by atoms with Gasteiger partial charge < -0.3 is 15.0 Å². The number of carbonyl (C=O) groups is 1. The average Bonchev–Trinajstić information content (AvgIpc) is 2.82. The molecule has 5 rings (SSSR count). The minimum Gasteiger partial charge on any atom is -0.486 e. The van der Waals surface area contributed by atoms with Crippen molar-refractivity contribution in [3.05, 3.63) is 70.1 Å². The van der Waals surface area contributed by atoms with E-state index in [1.165, 1.54) is 5.56 Å². The molecule has 1 aromatic carbocycles. The topological polar surface area (TPSA) is 76.5 Å². The van der Waals surface area contributed by atoms with Crippen molar-refractivity contribution in [2.24, 2.45) is 0 Å². The monoisotopic (exact) mass is 432 g/mol. The van der Waals surface area contributed by atoms with Crippen LogP contribution in [-0.4, -0.2) is 52.5 Å². The zero-order valence-electron chi connectivity index (χ0n) is 18.1. The SMILES string of the molecule is O=C1COc2ccc(CNC3CCN(CCn4c(=O)ccc5cccnc54)CC3)cc2C1. The minimum atomic E-state index is 0.00454. The Kier molecular flexibility index (Phi) is 6.01. The van der Waals surface area contributed by atoms with Gasteiger partial charge in [0.05, 0.1) is 0 Å². The van der Waals surface area contributed by atoms with Crippen molar-refractivity contribution < 1.29 is 9.53 Å². The van der Waals surface area contributed by atoms with Crippen molar-refractivity contribution in [1.29, 1.82) is 0 Å². The number of nitrogens with one attached hydrogen (secondary N) is 1. The van der Waals surface area contributed by atoms with Crippen LogP contribution in [0.15, 0.2) is 53.5 Å². The summed E-state index contributed by atoms with van der Waals surface area (Å²) in [6.45, 7) is 4.51. The van der Waals surface area contributed by atoms with E-state index in [0.29, 0.717) is 19.0 Å². The number of fused-ring (bicyclic) bond motifs is 2. The van der Waals surface area contributed by atoms with Gasteiger partial charge in [-0.15, -0.1) is 0 Å². The molecular weight excluding hydrogens is 404 g/mol. The summed E-state index contributed by atoms with van der Waals surface area (Å²) >= 11 is 0. The maximum Gasteiger partial charge on any atom is 0.252 e. The molecule has 166 valence electrons. The van der Waals surface area contributed by atoms with Crippen molar-refractivity contribution in [3.8, 4) is 5.75 Å². The van der Waals surface area contributed by atoms with Crippen LogP contribution in [0.5, 0.6) is 5.75 Å². The third-order valence-corrected chi connectivity index (χ3v) is 6.47. The second kappa shape index (κ2) is 9.22. The molecule has 0 saturated carbocycles. The molecule has 1 fully saturated rings. The molecule has 1 saturated heterocycles. The molecular formula is C25H28N4O3. The number of likely N-dealkylation sites (tertiary alicyclic amines) is 1. The number of piperidine rings is 1. The zero-order chi connectivity index (χ0) is 21.9. The number of nitrogens with zero attached hydrogens (tertiary/aromatic N) is 3. The number of hydrogen-bond donors (Lipinski definition) is 1. The van der Waals surface area contributed by atoms with Crippen LogP contribution in [0.25, 0.3) is 11.0 Å². The van der Waals surface area contributed by atoms with Crippen LogP contribution in [0.4, 0.5) is 0 Å². The standard InChI is InChI=1S/C25H28N4O3/c30-22-15-20-14-18(3-5-23(20)32-17-22)16-27-21-7-10-28(11-8-21)12-13-29-24(31)6-4-19-2-1-9-26-25(19)29/h1-6,9,14,21,27H,7-8,10-13,15-17H2. The maximum atomic E-state index is 12.4. The molecule has 2 aliphatic rings. The quantitative estimate of drug-likeness (QED) is 0.643. The molecule has 0 atom stereocenters. The predicted molar refractivity (Wildman–Crippen MR) is 123 cm³/mol. The van der Waals surface area contributed by atoms with Gasteiger partial charge in [-0.3, -0.25) is 14.2 Å². The van der Waals surface area contributed by atoms with E-state index >= 15 is 0 Å². The fraction of sp³-hybridized carbons (Fsp3) is 0.400. The molecule has 0 amide bonds. The zero-order valence-corrected chi connectivity index (χ0v) is 18.1. The van der Waals surface area contributed by atoms with Crippen molar-refractivity contribution in [3.63, 3.8) is 0 Å². The minimum absolute atomic E-state index is 0.00454. The fourth-order valence-corrected chi connectivity index (χ4v) is 4.64. The number of rotatable bonds is 6. The molecule has 0 bridgehead atoms. The summed E-state index contributed by atoms with van der Waals surface area (Å²) in [4.78, 5) is 30.8. The number of pyridine rings is 2. The highest BCUT2D eigenvalue weighted by atomic mass is 16.5. The highest BCUT2D eigenvalue weighted by Crippen LogP contribution is 2.24. The Morgan fingerprint density at radius 1 is 1.06 bits per heavy atom. The summed E-state index contributed by atoms with van der Waals surface area (Å²) in [7, 11) is 0. The number of benzene rings is 1. The first-order valence-corrected chi connectivity index (χ1v) is 11.3. The molecule has 7 heteroatoms. The Morgan fingerprint density at radius 3 is 2.81 bits per heavy atom. The van der Waals surface area contributed by atoms with Crippen LogP contribution in [-0.2, 0) is 24.3 Å². The lowest BCUT2D eigenvalue weighted by molar-refractivity contribution is -0.121. The highest BCUT2D eigenvalue weighted by Gasteiger charge is 2.20. The van der Waals surface area contributed by atoms with Crippen molar-refractivity contribution in [2.45, 2.75) is 38.4 Å². The van der Waals surface area contributed by atoms with Gasteiger partial charge in [-0.25, -0.2) is 4.98 Å². The number of carbonyl (C=O) groups excluding carboxylic acids is 1. The predicted octanol–water partition coefficient (Wildman–Crippen LogP) is 2.15. The maximum absolute atomic E-state index is 12.4. The molecule has 0 radical (unpaired) electrons. The summed E-state index contributed by atoms with van der Waals surface area (Å²) < 4.78 is 7.26. The van der Waals surface area contributed by atoms with Crippen molar-refractivity contribution in [2.75, 3.05) is 26.2 Å². The molecule has 1 N–H and O–H groups in total. The number of Topliss-reactive ketones (excluding diaryl/α,β-unsaturated/α-hetero) is 1. The van der Waals surface area contributed by atoms with E-state index in [4.69, 9.17) is 4.74 Å². The molecule has 4 heterocycles. The van der Waals surface area contributed by atoms with Crippen LogP contribution in [0.3, 0.4) is 0 Å². The van der Waals surface area contributed by atoms with E-state index in [-0.39, 0.29) is 17.9 Å². The van der Waals surface area contributed by atoms with Crippen LogP contribution in [0.2, 0.25) is 0 Å². The van der Waals surface area contributed by atoms with Gasteiger partial charge in [-0.05, 0) is 55.8 Å². The first-order chi connectivity index (χ1) is 15.7. The van der Waals surface area contributed by atoms with Gasteiger partial charge in [0.15, 0.2) is 5.78 Å². The van der Waals surface area contributed by atoms with E-state index in [9.17, 15) is 9.59 Å². The average molecular weight is 433 g/mol. The number of ketones is 1. The first-order valence-electron chi connectivity index (χ1n) is 11.3. The Morgan fingerprint density at radius 2 is 1.94 bits per heavy atom. The van der Waals surface area contributed by atoms with E-state index in [1.54, 1.807) is 16.8 Å². The summed E-state index contributed by atoms with van der Waals surface area (Å²) in [6.07, 6.45) is 4.37. The van der Waals surface area contributed by atoms with Gasteiger partial charge in [-0.2, -0.15) is 0 Å². The molecule has 32 heavy (non-hydrogen) atoms. The molecule has 2 aromatic heterocycles. The van der Waals surface area contributed by atoms with Gasteiger partial charge in [0.25, 0.3) is 5.56 Å². The molecule has 0 aliphatic carbocycles. The number of aromatic nitrogens is 2.